The van der Waals surface area contributed by atoms with Crippen molar-refractivity contribution in [3.8, 4) is 11.5 Å². The summed E-state index contributed by atoms with van der Waals surface area (Å²) in [5.74, 6) is 1.31. The van der Waals surface area contributed by atoms with E-state index >= 15 is 0 Å². The third-order valence-electron chi connectivity index (χ3n) is 4.33. The SMILES string of the molecule is O=C1NC(=S)N(CCc2ccsc2)/C1=C/c1cccc(Oc2ccccc2)c1. The lowest BCUT2D eigenvalue weighted by Gasteiger charge is -2.17. The number of thiocarbonyl (C=S) groups is 1. The van der Waals surface area contributed by atoms with Crippen LogP contribution in [0.25, 0.3) is 6.08 Å². The number of carbonyl (C=O) groups is 1. The van der Waals surface area contributed by atoms with Gasteiger partial charge >= 0.3 is 0 Å². The first-order chi connectivity index (χ1) is 13.7. The molecule has 1 aliphatic heterocycles. The van der Waals surface area contributed by atoms with E-state index < -0.39 is 0 Å². The van der Waals surface area contributed by atoms with Crippen LogP contribution in [-0.2, 0) is 11.2 Å². The Kier molecular flexibility index (Phi) is 5.50. The Hall–Kier alpha value is -2.96. The highest BCUT2D eigenvalue weighted by atomic mass is 32.1. The third-order valence-corrected chi connectivity index (χ3v) is 5.39. The molecule has 28 heavy (non-hydrogen) atoms. The number of thiophene rings is 1. The molecule has 0 unspecified atom stereocenters. The molecule has 1 aromatic heterocycles. The van der Waals surface area contributed by atoms with Crippen LogP contribution in [0, 0.1) is 0 Å². The van der Waals surface area contributed by atoms with E-state index in [1.165, 1.54) is 5.56 Å². The molecular weight excluding hydrogens is 388 g/mol. The predicted octanol–water partition coefficient (Wildman–Crippen LogP) is 4.84. The average Bonchev–Trinajstić information content (AvgIpc) is 3.30. The van der Waals surface area contributed by atoms with Crippen LogP contribution in [0.15, 0.2) is 77.1 Å². The second-order valence-electron chi connectivity index (χ2n) is 6.31. The summed E-state index contributed by atoms with van der Waals surface area (Å²) in [4.78, 5) is 14.3. The Morgan fingerprint density at radius 2 is 1.89 bits per heavy atom. The highest BCUT2D eigenvalue weighted by Gasteiger charge is 2.29. The van der Waals surface area contributed by atoms with E-state index in [4.69, 9.17) is 17.0 Å². The fraction of sp³-hybridized carbons (Fsp3) is 0.0909. The summed E-state index contributed by atoms with van der Waals surface area (Å²) in [5, 5.41) is 7.36. The summed E-state index contributed by atoms with van der Waals surface area (Å²) in [5.41, 5.74) is 2.67. The molecule has 140 valence electrons. The zero-order valence-corrected chi connectivity index (χ0v) is 16.6. The molecule has 1 aliphatic rings. The molecule has 0 saturated carbocycles. The minimum Gasteiger partial charge on any atom is -0.457 e. The molecule has 1 fully saturated rings. The summed E-state index contributed by atoms with van der Waals surface area (Å²) < 4.78 is 5.89. The molecule has 0 radical (unpaired) electrons. The van der Waals surface area contributed by atoms with Crippen LogP contribution in [0.1, 0.15) is 11.1 Å². The quantitative estimate of drug-likeness (QED) is 0.470. The maximum absolute atomic E-state index is 12.4. The van der Waals surface area contributed by atoms with E-state index in [2.05, 4.69) is 22.1 Å². The summed E-state index contributed by atoms with van der Waals surface area (Å²) in [7, 11) is 0. The minimum absolute atomic E-state index is 0.176. The van der Waals surface area contributed by atoms with Gasteiger partial charge < -0.3 is 9.64 Å². The van der Waals surface area contributed by atoms with Gasteiger partial charge in [-0.15, -0.1) is 0 Å². The summed E-state index contributed by atoms with van der Waals surface area (Å²) in [6, 6.07) is 19.3. The van der Waals surface area contributed by atoms with Crippen molar-refractivity contribution >= 4 is 40.7 Å². The first-order valence-electron chi connectivity index (χ1n) is 8.87. The molecule has 4 rings (SSSR count). The van der Waals surface area contributed by atoms with Gasteiger partial charge in [-0.05, 0) is 76.9 Å². The lowest BCUT2D eigenvalue weighted by molar-refractivity contribution is -0.115. The number of ether oxygens (including phenoxy) is 1. The Morgan fingerprint density at radius 1 is 1.07 bits per heavy atom. The number of nitrogens with one attached hydrogen (secondary N) is 1. The molecule has 0 bridgehead atoms. The van der Waals surface area contributed by atoms with Crippen molar-refractivity contribution in [1.82, 2.24) is 10.2 Å². The standard InChI is InChI=1S/C22H18N2O2S2/c25-21-20(24(22(27)23-21)11-9-16-10-12-28-15-16)14-17-5-4-8-19(13-17)26-18-6-2-1-3-7-18/h1-8,10,12-15H,9,11H2,(H,23,25,27)/b20-14+. The third kappa shape index (κ3) is 4.30. The van der Waals surface area contributed by atoms with Gasteiger partial charge in [0.15, 0.2) is 5.11 Å². The zero-order valence-electron chi connectivity index (χ0n) is 15.0. The number of hydrogen-bond donors (Lipinski definition) is 1. The predicted molar refractivity (Wildman–Crippen MR) is 116 cm³/mol. The maximum atomic E-state index is 12.4. The molecule has 1 saturated heterocycles. The van der Waals surface area contributed by atoms with Crippen molar-refractivity contribution in [1.29, 1.82) is 0 Å². The van der Waals surface area contributed by atoms with Crippen LogP contribution < -0.4 is 10.1 Å². The number of carbonyl (C=O) groups excluding carboxylic acids is 1. The number of rotatable bonds is 6. The number of para-hydroxylation sites is 1. The maximum Gasteiger partial charge on any atom is 0.274 e. The van der Waals surface area contributed by atoms with Gasteiger partial charge in [0, 0.05) is 6.54 Å². The largest absolute Gasteiger partial charge is 0.457 e. The van der Waals surface area contributed by atoms with Crippen molar-refractivity contribution in [2.75, 3.05) is 6.54 Å². The van der Waals surface area contributed by atoms with Gasteiger partial charge in [-0.3, -0.25) is 10.1 Å². The molecule has 2 aromatic carbocycles. The number of nitrogens with zero attached hydrogens (tertiary/aromatic N) is 1. The van der Waals surface area contributed by atoms with Crippen LogP contribution in [0.5, 0.6) is 11.5 Å². The van der Waals surface area contributed by atoms with Crippen molar-refractivity contribution in [3.63, 3.8) is 0 Å². The molecule has 2 heterocycles. The monoisotopic (exact) mass is 406 g/mol. The van der Waals surface area contributed by atoms with Crippen molar-refractivity contribution in [2.24, 2.45) is 0 Å². The molecule has 1 N–H and O–H groups in total. The van der Waals surface area contributed by atoms with Gasteiger partial charge in [-0.2, -0.15) is 11.3 Å². The summed E-state index contributed by atoms with van der Waals surface area (Å²) in [6.45, 7) is 0.653. The van der Waals surface area contributed by atoms with Gasteiger partial charge in [0.2, 0.25) is 0 Å². The van der Waals surface area contributed by atoms with Crippen molar-refractivity contribution in [2.45, 2.75) is 6.42 Å². The average molecular weight is 407 g/mol. The van der Waals surface area contributed by atoms with Crippen LogP contribution >= 0.6 is 23.6 Å². The number of benzene rings is 2. The second-order valence-corrected chi connectivity index (χ2v) is 7.48. The lowest BCUT2D eigenvalue weighted by atomic mass is 10.1. The smallest absolute Gasteiger partial charge is 0.274 e. The van der Waals surface area contributed by atoms with Crippen LogP contribution in [-0.4, -0.2) is 22.5 Å². The Bertz CT molecular complexity index is 1010. The Balaban J connectivity index is 1.54. The lowest BCUT2D eigenvalue weighted by Crippen LogP contribution is -2.29. The van der Waals surface area contributed by atoms with E-state index in [-0.39, 0.29) is 5.91 Å². The normalized spacial score (nSPS) is 15.1. The van der Waals surface area contributed by atoms with Gasteiger partial charge in [-0.1, -0.05) is 30.3 Å². The summed E-state index contributed by atoms with van der Waals surface area (Å²) >= 11 is 7.02. The highest BCUT2D eigenvalue weighted by Crippen LogP contribution is 2.24. The van der Waals surface area contributed by atoms with Crippen LogP contribution in [0.4, 0.5) is 0 Å². The molecule has 0 aliphatic carbocycles. The fourth-order valence-corrected chi connectivity index (χ4v) is 3.94. The molecule has 6 heteroatoms. The minimum atomic E-state index is -0.176. The van der Waals surface area contributed by atoms with Crippen molar-refractivity contribution in [3.05, 3.63) is 88.2 Å². The first kappa shape index (κ1) is 18.4. The van der Waals surface area contributed by atoms with Crippen molar-refractivity contribution < 1.29 is 9.53 Å². The number of hydrogen-bond acceptors (Lipinski definition) is 4. The number of amides is 1. The van der Waals surface area contributed by atoms with E-state index in [1.807, 2.05) is 65.6 Å². The molecule has 1 amide bonds. The molecule has 4 nitrogen and oxygen atoms in total. The van der Waals surface area contributed by atoms with Gasteiger partial charge in [-0.25, -0.2) is 0 Å². The fourth-order valence-electron chi connectivity index (χ4n) is 2.95. The van der Waals surface area contributed by atoms with Crippen LogP contribution in [0.3, 0.4) is 0 Å². The van der Waals surface area contributed by atoms with Gasteiger partial charge in [0.25, 0.3) is 5.91 Å². The molecule has 0 atom stereocenters. The van der Waals surface area contributed by atoms with Gasteiger partial charge in [0.05, 0.1) is 0 Å². The topological polar surface area (TPSA) is 41.6 Å². The zero-order chi connectivity index (χ0) is 19.3. The Morgan fingerprint density at radius 3 is 2.68 bits per heavy atom. The second kappa shape index (κ2) is 8.37. The molecule has 0 spiro atoms. The molecular formula is C22H18N2O2S2. The van der Waals surface area contributed by atoms with Gasteiger partial charge in [0.1, 0.15) is 17.2 Å². The molecule has 3 aromatic rings. The highest BCUT2D eigenvalue weighted by molar-refractivity contribution is 7.80. The van der Waals surface area contributed by atoms with E-state index in [1.54, 1.807) is 11.3 Å². The van der Waals surface area contributed by atoms with E-state index in [9.17, 15) is 4.79 Å². The Labute approximate surface area is 173 Å². The summed E-state index contributed by atoms with van der Waals surface area (Å²) in [6.07, 6.45) is 2.67. The van der Waals surface area contributed by atoms with Crippen LogP contribution in [0.2, 0.25) is 0 Å². The van der Waals surface area contributed by atoms with E-state index in [0.29, 0.717) is 23.1 Å². The first-order valence-corrected chi connectivity index (χ1v) is 10.2. The van der Waals surface area contributed by atoms with E-state index in [0.717, 1.165) is 17.7 Å².